The summed E-state index contributed by atoms with van der Waals surface area (Å²) in [4.78, 5) is 8.65. The van der Waals surface area contributed by atoms with E-state index in [2.05, 4.69) is 12.6 Å². The Morgan fingerprint density at radius 1 is 1.89 bits per heavy atom. The Kier molecular flexibility index (Phi) is 3.00. The molecule has 0 aromatic carbocycles. The number of carboxylic acid groups (broad SMARTS) is 1. The molecule has 0 fully saturated rings. The molecule has 0 saturated heterocycles. The van der Waals surface area contributed by atoms with E-state index in [1.807, 2.05) is 6.92 Å². The number of aliphatic carboxylic acids is 1. The second-order valence-electron chi connectivity index (χ2n) is 1.96. The molecule has 0 radical (unpaired) electrons. The molecule has 0 heterocycles. The monoisotopic (exact) mass is 148 g/mol. The van der Waals surface area contributed by atoms with E-state index >= 15 is 0 Å². The molecule has 0 bridgehead atoms. The number of carbonyl (C=O) groups is 1. The minimum Gasteiger partial charge on any atom is -0.547 e. The number of rotatable bonds is 3. The summed E-state index contributed by atoms with van der Waals surface area (Å²) < 4.78 is 0. The molecule has 0 aliphatic heterocycles. The predicted molar refractivity (Wildman–Crippen MR) is 35.8 cm³/mol. The Hall–Kier alpha value is -0.220. The smallest absolute Gasteiger partial charge is 0.0993 e. The van der Waals surface area contributed by atoms with Crippen LogP contribution in [0.15, 0.2) is 0 Å². The number of hydrogen-bond acceptors (Lipinski definition) is 4. The molecule has 0 rings (SSSR count). The normalized spacial score (nSPS) is 16.8. The van der Waals surface area contributed by atoms with Crippen LogP contribution in [0.3, 0.4) is 0 Å². The largest absolute Gasteiger partial charge is 0.547 e. The third kappa shape index (κ3) is 2.72. The van der Waals surface area contributed by atoms with E-state index < -0.39 is 10.8 Å². The van der Waals surface area contributed by atoms with Gasteiger partial charge in [0.05, 0.1) is 10.8 Å². The van der Waals surface area contributed by atoms with E-state index in [1.54, 1.807) is 0 Å². The fourth-order valence-corrected chi connectivity index (χ4v) is 0.707. The molecule has 0 saturated carbocycles. The summed E-state index contributed by atoms with van der Waals surface area (Å²) in [6.07, 6.45) is 1.02. The van der Waals surface area contributed by atoms with Crippen molar-refractivity contribution in [2.45, 2.75) is 24.6 Å². The van der Waals surface area contributed by atoms with Crippen molar-refractivity contribution in [1.82, 2.24) is 0 Å². The lowest BCUT2D eigenvalue weighted by Gasteiger charge is -2.23. The van der Waals surface area contributed by atoms with Gasteiger partial charge in [-0.25, -0.2) is 0 Å². The van der Waals surface area contributed by atoms with Crippen molar-refractivity contribution in [2.24, 2.45) is 5.73 Å². The number of carbonyl (C=O) groups excluding carboxylic acids is 1. The highest BCUT2D eigenvalue weighted by molar-refractivity contribution is 7.82. The Balaban J connectivity index is 3.85. The van der Waals surface area contributed by atoms with Gasteiger partial charge in [0.1, 0.15) is 0 Å². The maximum absolute atomic E-state index is 10.1. The highest BCUT2D eigenvalue weighted by Gasteiger charge is 2.18. The van der Waals surface area contributed by atoms with Gasteiger partial charge in [-0.15, -0.1) is 0 Å². The molecule has 1 unspecified atom stereocenters. The van der Waals surface area contributed by atoms with Gasteiger partial charge in [0.2, 0.25) is 0 Å². The van der Waals surface area contributed by atoms with Gasteiger partial charge in [0.15, 0.2) is 0 Å². The zero-order valence-electron chi connectivity index (χ0n) is 5.26. The van der Waals surface area contributed by atoms with E-state index in [4.69, 9.17) is 5.73 Å². The van der Waals surface area contributed by atoms with Gasteiger partial charge in [0, 0.05) is 0 Å². The molecule has 54 valence electrons. The van der Waals surface area contributed by atoms with Crippen LogP contribution < -0.4 is 10.8 Å². The maximum atomic E-state index is 10.1. The second kappa shape index (κ2) is 3.08. The van der Waals surface area contributed by atoms with Crippen molar-refractivity contribution in [3.05, 3.63) is 0 Å². The first kappa shape index (κ1) is 8.78. The summed E-state index contributed by atoms with van der Waals surface area (Å²) in [6, 6.07) is 0. The lowest BCUT2D eigenvalue weighted by molar-refractivity contribution is -0.309. The summed E-state index contributed by atoms with van der Waals surface area (Å²) in [7, 11) is 0. The van der Waals surface area contributed by atoms with Crippen molar-refractivity contribution in [2.75, 3.05) is 0 Å². The van der Waals surface area contributed by atoms with Crippen LogP contribution in [-0.2, 0) is 4.79 Å². The van der Waals surface area contributed by atoms with Gasteiger partial charge in [-0.3, -0.25) is 0 Å². The van der Waals surface area contributed by atoms with Gasteiger partial charge in [-0.1, -0.05) is 13.3 Å². The number of carboxylic acids is 1. The Morgan fingerprint density at radius 2 is 2.33 bits per heavy atom. The lowest BCUT2D eigenvalue weighted by Crippen LogP contribution is -2.50. The predicted octanol–water partition coefficient (Wildman–Crippen LogP) is -0.879. The summed E-state index contributed by atoms with van der Waals surface area (Å²) in [5, 5.41) is 10.1. The molecule has 4 heteroatoms. The fourth-order valence-electron chi connectivity index (χ4n) is 0.483. The summed E-state index contributed by atoms with van der Waals surface area (Å²) >= 11 is 3.68. The molecule has 3 nitrogen and oxygen atoms in total. The molecule has 0 amide bonds. The van der Waals surface area contributed by atoms with Crippen molar-refractivity contribution in [1.29, 1.82) is 0 Å². The van der Waals surface area contributed by atoms with Crippen LogP contribution in [-0.4, -0.2) is 10.8 Å². The third-order valence-corrected chi connectivity index (χ3v) is 1.39. The first-order valence-electron chi connectivity index (χ1n) is 2.73. The molecular weight excluding hydrogens is 138 g/mol. The van der Waals surface area contributed by atoms with Crippen molar-refractivity contribution >= 4 is 18.6 Å². The average molecular weight is 148 g/mol. The van der Waals surface area contributed by atoms with Crippen LogP contribution in [0.2, 0.25) is 0 Å². The van der Waals surface area contributed by atoms with Gasteiger partial charge in [-0.05, 0) is 6.42 Å². The topological polar surface area (TPSA) is 66.2 Å². The Labute approximate surface area is 59.6 Å². The molecule has 0 aliphatic rings. The highest BCUT2D eigenvalue weighted by atomic mass is 32.1. The standard InChI is InChI=1S/C5H11NO2S/c1-2-3-5(6,9)4(7)8/h9H,2-3,6H2,1H3,(H,7,8)/p-1. The molecule has 9 heavy (non-hydrogen) atoms. The third-order valence-electron chi connectivity index (χ3n) is 0.985. The molecule has 0 spiro atoms. The molecule has 0 aromatic rings. The van der Waals surface area contributed by atoms with E-state index in [0.29, 0.717) is 12.8 Å². The van der Waals surface area contributed by atoms with E-state index in [-0.39, 0.29) is 0 Å². The fraction of sp³-hybridized carbons (Fsp3) is 0.800. The summed E-state index contributed by atoms with van der Waals surface area (Å²) in [5.74, 6) is -1.31. The number of hydrogen-bond donors (Lipinski definition) is 2. The molecule has 0 aliphatic carbocycles. The van der Waals surface area contributed by atoms with Crippen LogP contribution in [0.5, 0.6) is 0 Å². The van der Waals surface area contributed by atoms with Crippen molar-refractivity contribution < 1.29 is 9.90 Å². The minimum atomic E-state index is -1.45. The zero-order valence-corrected chi connectivity index (χ0v) is 6.15. The molecule has 0 aromatic heterocycles. The zero-order chi connectivity index (χ0) is 7.49. The van der Waals surface area contributed by atoms with Gasteiger partial charge >= 0.3 is 0 Å². The summed E-state index contributed by atoms with van der Waals surface area (Å²) in [6.45, 7) is 1.83. The van der Waals surface area contributed by atoms with E-state index in [0.717, 1.165) is 0 Å². The van der Waals surface area contributed by atoms with Crippen LogP contribution in [0, 0.1) is 0 Å². The first-order chi connectivity index (χ1) is 4.00. The Morgan fingerprint density at radius 3 is 2.44 bits per heavy atom. The second-order valence-corrected chi connectivity index (χ2v) is 2.76. The SMILES string of the molecule is CCCC(N)(S)C(=O)[O-]. The maximum Gasteiger partial charge on any atom is 0.0993 e. The van der Waals surface area contributed by atoms with Crippen LogP contribution in [0.4, 0.5) is 0 Å². The van der Waals surface area contributed by atoms with Gasteiger partial charge in [-0.2, -0.15) is 12.6 Å². The number of nitrogens with two attached hydrogens (primary N) is 1. The van der Waals surface area contributed by atoms with Gasteiger partial charge in [0.25, 0.3) is 0 Å². The van der Waals surface area contributed by atoms with Crippen LogP contribution in [0.1, 0.15) is 19.8 Å². The Bertz CT molecular complexity index is 114. The number of thiol groups is 1. The lowest BCUT2D eigenvalue weighted by atomic mass is 10.2. The molecule has 1 atom stereocenters. The molecule has 2 N–H and O–H groups in total. The minimum absolute atomic E-state index is 0.332. The average Bonchev–Trinajstić information content (AvgIpc) is 1.65. The van der Waals surface area contributed by atoms with E-state index in [9.17, 15) is 9.90 Å². The van der Waals surface area contributed by atoms with Gasteiger partial charge < -0.3 is 15.6 Å². The highest BCUT2D eigenvalue weighted by Crippen LogP contribution is 2.11. The van der Waals surface area contributed by atoms with Crippen LogP contribution in [0.25, 0.3) is 0 Å². The quantitative estimate of drug-likeness (QED) is 0.403. The van der Waals surface area contributed by atoms with Crippen LogP contribution >= 0.6 is 12.6 Å². The van der Waals surface area contributed by atoms with Crippen molar-refractivity contribution in [3.8, 4) is 0 Å². The first-order valence-corrected chi connectivity index (χ1v) is 3.18. The summed E-state index contributed by atoms with van der Waals surface area (Å²) in [5.41, 5.74) is 5.17. The molecular formula is C5H10NO2S-. The van der Waals surface area contributed by atoms with Crippen molar-refractivity contribution in [3.63, 3.8) is 0 Å². The van der Waals surface area contributed by atoms with E-state index in [1.165, 1.54) is 0 Å².